The molecule has 5 nitrogen and oxygen atoms in total. The average Bonchev–Trinajstić information content (AvgIpc) is 2.46. The zero-order valence-corrected chi connectivity index (χ0v) is 13.2. The lowest BCUT2D eigenvalue weighted by atomic mass is 10.1. The maximum atomic E-state index is 12.6. The molecule has 0 bridgehead atoms. The third-order valence-electron chi connectivity index (χ3n) is 2.79. The summed E-state index contributed by atoms with van der Waals surface area (Å²) >= 11 is 3.22. The molecule has 0 saturated carbocycles. The molecule has 0 spiro atoms. The Bertz CT molecular complexity index is 816. The Kier molecular flexibility index (Phi) is 4.79. The Labute approximate surface area is 136 Å². The van der Waals surface area contributed by atoms with Gasteiger partial charge < -0.3 is 14.8 Å². The van der Waals surface area contributed by atoms with Gasteiger partial charge in [-0.05, 0) is 30.4 Å². The fourth-order valence-electron chi connectivity index (χ4n) is 1.77. The summed E-state index contributed by atoms with van der Waals surface area (Å²) in [7, 11) is 1.36. The molecule has 1 aromatic carbocycles. The lowest BCUT2D eigenvalue weighted by molar-refractivity contribution is -0.141. The molecule has 0 saturated heterocycles. The van der Waals surface area contributed by atoms with Crippen molar-refractivity contribution in [1.82, 2.24) is 9.97 Å². The summed E-state index contributed by atoms with van der Waals surface area (Å²) in [6, 6.07) is 3.76. The number of phenols is 1. The lowest BCUT2D eigenvalue weighted by Gasteiger charge is -2.07. The second-order valence-corrected chi connectivity index (χ2v) is 5.32. The number of nitrogens with zero attached hydrogens (tertiary/aromatic N) is 1. The van der Waals surface area contributed by atoms with Gasteiger partial charge in [0.1, 0.15) is 5.69 Å². The molecule has 0 amide bonds. The quantitative estimate of drug-likeness (QED) is 0.841. The molecular formula is C14H10BrF3N2O3. The number of hydrogen-bond donors (Lipinski definition) is 2. The highest BCUT2D eigenvalue weighted by Crippen LogP contribution is 2.34. The Morgan fingerprint density at radius 1 is 1.30 bits per heavy atom. The monoisotopic (exact) mass is 390 g/mol. The number of rotatable bonds is 3. The van der Waals surface area contributed by atoms with Crippen LogP contribution in [0.3, 0.4) is 0 Å². The third-order valence-corrected chi connectivity index (χ3v) is 3.25. The van der Waals surface area contributed by atoms with Crippen molar-refractivity contribution in [2.24, 2.45) is 0 Å². The largest absolute Gasteiger partial charge is 0.504 e. The number of aromatic nitrogens is 2. The van der Waals surface area contributed by atoms with E-state index in [2.05, 4.69) is 20.9 Å². The molecule has 0 aliphatic carbocycles. The molecule has 0 atom stereocenters. The summed E-state index contributed by atoms with van der Waals surface area (Å²) in [5.74, 6) is 0.00158. The maximum Gasteiger partial charge on any atom is 0.431 e. The van der Waals surface area contributed by atoms with E-state index in [1.165, 1.54) is 31.4 Å². The van der Waals surface area contributed by atoms with E-state index in [0.29, 0.717) is 10.5 Å². The molecule has 9 heteroatoms. The highest BCUT2D eigenvalue weighted by atomic mass is 79.9. The van der Waals surface area contributed by atoms with Crippen molar-refractivity contribution < 1.29 is 23.0 Å². The maximum absolute atomic E-state index is 12.6. The van der Waals surface area contributed by atoms with Gasteiger partial charge in [-0.3, -0.25) is 0 Å². The van der Waals surface area contributed by atoms with E-state index in [1.807, 2.05) is 0 Å². The molecular weight excluding hydrogens is 381 g/mol. The van der Waals surface area contributed by atoms with Crippen LogP contribution in [-0.2, 0) is 6.18 Å². The van der Waals surface area contributed by atoms with E-state index in [-0.39, 0.29) is 22.8 Å². The van der Waals surface area contributed by atoms with Crippen molar-refractivity contribution >= 4 is 28.1 Å². The van der Waals surface area contributed by atoms with Crippen LogP contribution in [0.4, 0.5) is 13.2 Å². The highest BCUT2D eigenvalue weighted by Gasteiger charge is 2.32. The molecule has 0 aliphatic rings. The molecule has 2 N–H and O–H groups in total. The van der Waals surface area contributed by atoms with E-state index < -0.39 is 17.6 Å². The second kappa shape index (κ2) is 6.45. The number of methoxy groups -OCH3 is 1. The number of alkyl halides is 3. The van der Waals surface area contributed by atoms with Crippen molar-refractivity contribution in [3.05, 3.63) is 50.1 Å². The van der Waals surface area contributed by atoms with Gasteiger partial charge in [0.15, 0.2) is 11.5 Å². The first kappa shape index (κ1) is 17.1. The van der Waals surface area contributed by atoms with Gasteiger partial charge in [0.2, 0.25) is 0 Å². The first-order valence-corrected chi connectivity index (χ1v) is 6.93. The number of halogens is 4. The van der Waals surface area contributed by atoms with Gasteiger partial charge in [-0.2, -0.15) is 18.2 Å². The van der Waals surface area contributed by atoms with E-state index in [9.17, 15) is 23.1 Å². The fraction of sp³-hybridized carbons (Fsp3) is 0.143. The second-order valence-electron chi connectivity index (χ2n) is 4.40. The summed E-state index contributed by atoms with van der Waals surface area (Å²) in [5.41, 5.74) is -2.23. The van der Waals surface area contributed by atoms with E-state index in [4.69, 9.17) is 4.74 Å². The molecule has 0 aliphatic heterocycles. The van der Waals surface area contributed by atoms with E-state index >= 15 is 0 Å². The van der Waals surface area contributed by atoms with Gasteiger partial charge in [-0.1, -0.05) is 15.9 Å². The van der Waals surface area contributed by atoms with Crippen molar-refractivity contribution in [2.45, 2.75) is 6.18 Å². The molecule has 23 heavy (non-hydrogen) atoms. The number of phenolic OH excluding ortho intramolecular Hbond substituents is 1. The van der Waals surface area contributed by atoms with E-state index in [0.717, 1.165) is 0 Å². The molecule has 0 radical (unpaired) electrons. The topological polar surface area (TPSA) is 75.2 Å². The standard InChI is InChI=1S/C14H10BrF3N2O3/c1-23-10-5-8(15)4-7(12(10)21)2-3-9-6-11(14(16,17)18)20-13(22)19-9/h2-6,21H,1H3,(H,19,20,22). The van der Waals surface area contributed by atoms with Crippen LogP contribution in [-0.4, -0.2) is 22.2 Å². The predicted octanol–water partition coefficient (Wildman–Crippen LogP) is 3.44. The van der Waals surface area contributed by atoms with Gasteiger partial charge >= 0.3 is 11.9 Å². The first-order chi connectivity index (χ1) is 10.7. The van der Waals surface area contributed by atoms with Crippen LogP contribution in [0.5, 0.6) is 11.5 Å². The minimum Gasteiger partial charge on any atom is -0.504 e. The third kappa shape index (κ3) is 4.13. The lowest BCUT2D eigenvalue weighted by Crippen LogP contribution is -2.19. The number of aromatic hydroxyl groups is 1. The van der Waals surface area contributed by atoms with Crippen LogP contribution >= 0.6 is 15.9 Å². The number of aromatic amines is 1. The van der Waals surface area contributed by atoms with Crippen LogP contribution in [0, 0.1) is 0 Å². The Morgan fingerprint density at radius 3 is 2.61 bits per heavy atom. The van der Waals surface area contributed by atoms with Crippen LogP contribution in [0.15, 0.2) is 27.5 Å². The summed E-state index contributed by atoms with van der Waals surface area (Å²) in [6.45, 7) is 0. The number of benzene rings is 1. The smallest absolute Gasteiger partial charge is 0.431 e. The number of H-pyrrole nitrogens is 1. The summed E-state index contributed by atoms with van der Waals surface area (Å²) in [4.78, 5) is 16.3. The number of nitrogens with one attached hydrogen (secondary N) is 1. The van der Waals surface area contributed by atoms with Crippen molar-refractivity contribution in [3.63, 3.8) is 0 Å². The molecule has 0 fully saturated rings. The molecule has 1 aromatic heterocycles. The van der Waals surface area contributed by atoms with Crippen molar-refractivity contribution in [1.29, 1.82) is 0 Å². The number of ether oxygens (including phenoxy) is 1. The average molecular weight is 391 g/mol. The predicted molar refractivity (Wildman–Crippen MR) is 81.1 cm³/mol. The normalized spacial score (nSPS) is 11.9. The highest BCUT2D eigenvalue weighted by molar-refractivity contribution is 9.10. The Hall–Kier alpha value is -2.29. The van der Waals surface area contributed by atoms with Gasteiger partial charge in [-0.15, -0.1) is 0 Å². The molecule has 0 unspecified atom stereocenters. The molecule has 2 rings (SSSR count). The summed E-state index contributed by atoms with van der Waals surface area (Å²) in [5, 5.41) is 9.96. The SMILES string of the molecule is COc1cc(Br)cc(C=Cc2cc(C(F)(F)F)[nH]c(=O)n2)c1O. The number of hydrogen-bond acceptors (Lipinski definition) is 4. The molecule has 1 heterocycles. The molecule has 2 aromatic rings. The summed E-state index contributed by atoms with van der Waals surface area (Å²) < 4.78 is 43.5. The zero-order valence-electron chi connectivity index (χ0n) is 11.6. The zero-order chi connectivity index (χ0) is 17.2. The van der Waals surface area contributed by atoms with Gasteiger partial charge in [0.05, 0.1) is 12.8 Å². The van der Waals surface area contributed by atoms with Crippen LogP contribution in [0.25, 0.3) is 12.2 Å². The summed E-state index contributed by atoms with van der Waals surface area (Å²) in [6.07, 6.45) is -2.18. The molecule has 122 valence electrons. The van der Waals surface area contributed by atoms with Crippen LogP contribution in [0.1, 0.15) is 17.0 Å². The minimum absolute atomic E-state index is 0.187. The van der Waals surface area contributed by atoms with Crippen LogP contribution < -0.4 is 10.4 Å². The van der Waals surface area contributed by atoms with E-state index in [1.54, 1.807) is 4.98 Å². The Morgan fingerprint density at radius 2 is 2.00 bits per heavy atom. The first-order valence-electron chi connectivity index (χ1n) is 6.14. The minimum atomic E-state index is -4.69. The van der Waals surface area contributed by atoms with Gasteiger partial charge in [-0.25, -0.2) is 4.79 Å². The Balaban J connectivity index is 2.44. The van der Waals surface area contributed by atoms with Crippen LogP contribution in [0.2, 0.25) is 0 Å². The van der Waals surface area contributed by atoms with Gasteiger partial charge in [0, 0.05) is 10.0 Å². The fourth-order valence-corrected chi connectivity index (χ4v) is 2.22. The van der Waals surface area contributed by atoms with Gasteiger partial charge in [0.25, 0.3) is 0 Å². The van der Waals surface area contributed by atoms with Crippen molar-refractivity contribution in [3.8, 4) is 11.5 Å². The van der Waals surface area contributed by atoms with Crippen molar-refractivity contribution in [2.75, 3.05) is 7.11 Å².